The van der Waals surface area contributed by atoms with Crippen molar-refractivity contribution in [3.05, 3.63) is 47.1 Å². The Morgan fingerprint density at radius 2 is 1.40 bits per heavy atom. The average Bonchev–Trinajstić information content (AvgIpc) is 3.63. The number of benzene rings is 1. The van der Waals surface area contributed by atoms with E-state index in [1.165, 1.54) is 38.9 Å². The molecule has 8 atom stereocenters. The molecule has 4 aliphatic carbocycles. The van der Waals surface area contributed by atoms with Gasteiger partial charge in [0.15, 0.2) is 22.9 Å². The lowest BCUT2D eigenvalue weighted by Crippen LogP contribution is -2.66. The van der Waals surface area contributed by atoms with E-state index < -0.39 is 69.7 Å². The summed E-state index contributed by atoms with van der Waals surface area (Å²) in [6.07, 6.45) is 16.9. The predicted molar refractivity (Wildman–Crippen MR) is 228 cm³/mol. The molecule has 0 aromatic heterocycles. The van der Waals surface area contributed by atoms with E-state index in [1.54, 1.807) is 32.1 Å². The summed E-state index contributed by atoms with van der Waals surface area (Å²) >= 11 is 0. The molecule has 2 saturated carbocycles. The van der Waals surface area contributed by atoms with Crippen LogP contribution in [0.4, 0.5) is 0 Å². The fourth-order valence-electron chi connectivity index (χ4n) is 10.9. The van der Waals surface area contributed by atoms with E-state index in [-0.39, 0.29) is 49.8 Å². The molecule has 2 fully saturated rings. The van der Waals surface area contributed by atoms with Crippen molar-refractivity contribution in [2.75, 3.05) is 13.7 Å². The van der Waals surface area contributed by atoms with Crippen molar-refractivity contribution in [1.82, 2.24) is 0 Å². The third kappa shape index (κ3) is 9.52. The fraction of sp³-hybridized carbons (Fsp3) is 0.714. The number of phenolic OH excluding ortho intramolecular Hbond substituents is 1. The number of aromatic hydroxyl groups is 1. The Morgan fingerprint density at radius 3 is 2.00 bits per heavy atom. The van der Waals surface area contributed by atoms with Crippen molar-refractivity contribution >= 4 is 23.7 Å². The molecular weight excluding hydrogens is 765 g/mol. The predicted octanol–water partition coefficient (Wildman–Crippen LogP) is 8.82. The van der Waals surface area contributed by atoms with Crippen molar-refractivity contribution in [1.29, 1.82) is 0 Å². The molecule has 0 heterocycles. The zero-order valence-electron chi connectivity index (χ0n) is 37.3. The van der Waals surface area contributed by atoms with Gasteiger partial charge >= 0.3 is 17.9 Å². The maximum Gasteiger partial charge on any atom is 0.310 e. The second-order valence-corrected chi connectivity index (χ2v) is 18.7. The summed E-state index contributed by atoms with van der Waals surface area (Å²) < 4.78 is 24.0. The monoisotopic (exact) mass is 837 g/mol. The highest BCUT2D eigenvalue weighted by Crippen LogP contribution is 2.77. The van der Waals surface area contributed by atoms with Gasteiger partial charge in [-0.2, -0.15) is 0 Å². The fourth-order valence-corrected chi connectivity index (χ4v) is 10.9. The number of rotatable bonds is 23. The third-order valence-corrected chi connectivity index (χ3v) is 14.3. The first-order chi connectivity index (χ1) is 28.5. The Hall–Kier alpha value is -3.70. The highest BCUT2D eigenvalue weighted by atomic mass is 16.6. The van der Waals surface area contributed by atoms with E-state index in [0.717, 1.165) is 51.4 Å². The van der Waals surface area contributed by atoms with Gasteiger partial charge < -0.3 is 34.3 Å². The van der Waals surface area contributed by atoms with Crippen LogP contribution in [0.15, 0.2) is 41.5 Å². The molecule has 11 heteroatoms. The number of aliphatic hydroxyl groups is 2. The lowest BCUT2D eigenvalue weighted by molar-refractivity contribution is -0.229. The van der Waals surface area contributed by atoms with Gasteiger partial charge in [0.2, 0.25) is 0 Å². The Bertz CT molecular complexity index is 1760. The topological polar surface area (TPSA) is 166 Å². The number of carbonyl (C=O) groups excluding carboxylic acids is 4. The van der Waals surface area contributed by atoms with E-state index in [0.29, 0.717) is 29.6 Å². The van der Waals surface area contributed by atoms with Gasteiger partial charge in [0.05, 0.1) is 19.1 Å². The molecule has 1 aromatic carbocycles. The number of hydrogen-bond acceptors (Lipinski definition) is 11. The van der Waals surface area contributed by atoms with Crippen LogP contribution in [0.1, 0.15) is 156 Å². The second-order valence-electron chi connectivity index (χ2n) is 18.7. The Labute approximate surface area is 357 Å². The molecule has 5 rings (SSSR count). The highest BCUT2D eigenvalue weighted by Gasteiger charge is 2.88. The van der Waals surface area contributed by atoms with E-state index in [2.05, 4.69) is 13.8 Å². The molecule has 3 N–H and O–H groups in total. The molecule has 11 nitrogen and oxygen atoms in total. The van der Waals surface area contributed by atoms with Gasteiger partial charge in [-0.15, -0.1) is 0 Å². The number of methoxy groups -OCH3 is 1. The first-order valence-corrected chi connectivity index (χ1v) is 22.8. The lowest BCUT2D eigenvalue weighted by atomic mass is 9.59. The molecule has 5 unspecified atom stereocenters. The summed E-state index contributed by atoms with van der Waals surface area (Å²) in [7, 11) is 1.42. The van der Waals surface area contributed by atoms with Crippen molar-refractivity contribution in [3.8, 4) is 11.5 Å². The molecule has 0 aliphatic heterocycles. The van der Waals surface area contributed by atoms with Crippen LogP contribution in [0.5, 0.6) is 11.5 Å². The van der Waals surface area contributed by atoms with Gasteiger partial charge in [-0.1, -0.05) is 130 Å². The van der Waals surface area contributed by atoms with Gasteiger partial charge in [0.25, 0.3) is 0 Å². The zero-order valence-corrected chi connectivity index (χ0v) is 37.3. The summed E-state index contributed by atoms with van der Waals surface area (Å²) in [6, 6.07) is 4.57. The van der Waals surface area contributed by atoms with E-state index in [4.69, 9.17) is 18.9 Å². The molecule has 334 valence electrons. The molecule has 0 radical (unpaired) electrons. The SMILES string of the molecule is CCCCCCCCCC(=O)OC1C(C)[C@@]2(O)C(C=C(COC(=O)Cc3ccc(O)c(OC)c3)C[C@]3(O)C(=O)C(C)=CC23)C2C(C)(C)[C@]12OC(=O)CCCCCCCCC. The van der Waals surface area contributed by atoms with Crippen molar-refractivity contribution in [2.45, 2.75) is 180 Å². The summed E-state index contributed by atoms with van der Waals surface area (Å²) in [5.41, 5.74) is -4.67. The molecule has 1 aromatic rings. The van der Waals surface area contributed by atoms with Crippen molar-refractivity contribution in [3.63, 3.8) is 0 Å². The number of unbranched alkanes of at least 4 members (excludes halogenated alkanes) is 12. The maximum atomic E-state index is 13.9. The van der Waals surface area contributed by atoms with E-state index in [9.17, 15) is 34.5 Å². The van der Waals surface area contributed by atoms with Gasteiger partial charge in [-0.05, 0) is 48.6 Å². The molecular formula is C49H72O11. The molecule has 0 spiro atoms. The standard InChI is InChI=1S/C49H72O11/c1-8-10-12-14-16-18-20-22-40(51)59-45-33(4)48(56)36(43-46(5,6)49(43,45)60-41(52)23-21-19-17-15-13-11-9-2)27-35(30-47(55)39(48)26-32(3)44(47)54)31-58-42(53)29-34-24-25-37(50)38(28-34)57-7/h24-28,33,36,39,43,45,50,55-56H,8-23,29-31H2,1-7H3/t33?,36?,39?,43?,45?,47-,48-,49-/m1/s1. The normalized spacial score (nSPS) is 29.9. The highest BCUT2D eigenvalue weighted by molar-refractivity contribution is 6.05. The largest absolute Gasteiger partial charge is 0.504 e. The number of Topliss-reactive ketones (excluding diaryl/α,β-unsaturated/α-hetero) is 1. The van der Waals surface area contributed by atoms with Crippen molar-refractivity contribution in [2.24, 2.45) is 29.1 Å². The quantitative estimate of drug-likeness (QED) is 0.0417. The molecule has 4 aliphatic rings. The molecule has 0 saturated heterocycles. The summed E-state index contributed by atoms with van der Waals surface area (Å²) in [6.45, 7) is 11.4. The van der Waals surface area contributed by atoms with Crippen LogP contribution in [-0.4, -0.2) is 75.6 Å². The zero-order chi connectivity index (χ0) is 43.9. The molecule has 0 amide bonds. The smallest absolute Gasteiger partial charge is 0.310 e. The van der Waals surface area contributed by atoms with Crippen LogP contribution in [0, 0.1) is 29.1 Å². The second kappa shape index (κ2) is 20.0. The maximum absolute atomic E-state index is 13.9. The van der Waals surface area contributed by atoms with Crippen LogP contribution in [0.2, 0.25) is 0 Å². The van der Waals surface area contributed by atoms with Crippen LogP contribution >= 0.6 is 0 Å². The van der Waals surface area contributed by atoms with Gasteiger partial charge in [0.1, 0.15) is 18.3 Å². The average molecular weight is 837 g/mol. The van der Waals surface area contributed by atoms with Gasteiger partial charge in [0, 0.05) is 48.3 Å². The Balaban J connectivity index is 1.45. The van der Waals surface area contributed by atoms with E-state index >= 15 is 0 Å². The third-order valence-electron chi connectivity index (χ3n) is 14.3. The lowest BCUT2D eigenvalue weighted by Gasteiger charge is -2.53. The number of ether oxygens (including phenoxy) is 4. The first-order valence-electron chi connectivity index (χ1n) is 22.8. The number of esters is 3. The minimum atomic E-state index is -2.07. The molecule has 60 heavy (non-hydrogen) atoms. The van der Waals surface area contributed by atoms with Crippen LogP contribution in [0.3, 0.4) is 0 Å². The Morgan fingerprint density at radius 1 is 0.817 bits per heavy atom. The minimum Gasteiger partial charge on any atom is -0.504 e. The number of phenols is 1. The molecule has 0 bridgehead atoms. The van der Waals surface area contributed by atoms with Crippen LogP contribution < -0.4 is 4.74 Å². The summed E-state index contributed by atoms with van der Waals surface area (Å²) in [5, 5.41) is 35.8. The van der Waals surface area contributed by atoms with Gasteiger partial charge in [-0.25, -0.2) is 0 Å². The summed E-state index contributed by atoms with van der Waals surface area (Å²) in [4.78, 5) is 54.8. The first kappa shape index (κ1) is 47.4. The van der Waals surface area contributed by atoms with Crippen molar-refractivity contribution < 1.29 is 53.4 Å². The van der Waals surface area contributed by atoms with Crippen LogP contribution in [0.25, 0.3) is 0 Å². The van der Waals surface area contributed by atoms with E-state index in [1.807, 2.05) is 19.9 Å². The number of fused-ring (bicyclic) bond motifs is 5. The summed E-state index contributed by atoms with van der Waals surface area (Å²) in [5.74, 6) is -5.09. The van der Waals surface area contributed by atoms with Gasteiger partial charge in [-0.3, -0.25) is 19.2 Å². The van der Waals surface area contributed by atoms with Crippen LogP contribution in [-0.2, 0) is 39.8 Å². The Kier molecular flexibility index (Phi) is 15.8. The number of carbonyl (C=O) groups is 4. The number of hydrogen-bond donors (Lipinski definition) is 3. The number of ketones is 1. The minimum absolute atomic E-state index is 0.0620.